The molecule has 0 bridgehead atoms. The molecule has 4 aromatic rings. The van der Waals surface area contributed by atoms with Gasteiger partial charge in [0, 0.05) is 21.9 Å². The predicted octanol–water partition coefficient (Wildman–Crippen LogP) is 5.42. The number of nitrogens with one attached hydrogen (secondary N) is 1. The van der Waals surface area contributed by atoms with Gasteiger partial charge in [-0.05, 0) is 37.3 Å². The van der Waals surface area contributed by atoms with Crippen molar-refractivity contribution in [3.63, 3.8) is 0 Å². The van der Waals surface area contributed by atoms with Crippen LogP contribution in [0.5, 0.6) is 17.2 Å². The quantitative estimate of drug-likeness (QED) is 0.372. The molecule has 0 atom stereocenters. The lowest BCUT2D eigenvalue weighted by Crippen LogP contribution is -2.12. The van der Waals surface area contributed by atoms with E-state index in [9.17, 15) is 4.79 Å². The van der Waals surface area contributed by atoms with Crippen molar-refractivity contribution >= 4 is 33.7 Å². The molecule has 2 heterocycles. The van der Waals surface area contributed by atoms with Crippen LogP contribution in [0.15, 0.2) is 52.7 Å². The molecule has 0 radical (unpaired) electrons. The maximum Gasteiger partial charge on any atom is 0.257 e. The topological polar surface area (TPSA) is 82.6 Å². The molecule has 7 nitrogen and oxygen atoms in total. The van der Waals surface area contributed by atoms with E-state index in [2.05, 4.69) is 15.3 Å². The SMILES string of the molecule is COc1cc(C(=O)Nc2nc(-c3cc(C)ccc3OC)cs2)ccc1OCc1cscn1. The molecule has 0 unspecified atom stereocenters. The van der Waals surface area contributed by atoms with Crippen LogP contribution in [0.3, 0.4) is 0 Å². The number of aryl methyl sites for hydroxylation is 1. The first-order valence-electron chi connectivity index (χ1n) is 9.67. The van der Waals surface area contributed by atoms with E-state index in [4.69, 9.17) is 14.2 Å². The maximum atomic E-state index is 12.8. The van der Waals surface area contributed by atoms with Crippen LogP contribution in [0.1, 0.15) is 21.6 Å². The van der Waals surface area contributed by atoms with Crippen LogP contribution >= 0.6 is 22.7 Å². The number of aromatic nitrogens is 2. The highest BCUT2D eigenvalue weighted by molar-refractivity contribution is 7.14. The summed E-state index contributed by atoms with van der Waals surface area (Å²) in [5.41, 5.74) is 5.75. The van der Waals surface area contributed by atoms with Gasteiger partial charge in [0.15, 0.2) is 16.6 Å². The van der Waals surface area contributed by atoms with Gasteiger partial charge in [-0.25, -0.2) is 9.97 Å². The molecular weight excluding hydrogens is 446 g/mol. The minimum absolute atomic E-state index is 0.286. The molecule has 164 valence electrons. The van der Waals surface area contributed by atoms with Crippen molar-refractivity contribution in [3.05, 3.63) is 69.5 Å². The second-order valence-corrected chi connectivity index (χ2v) is 8.41. The lowest BCUT2D eigenvalue weighted by molar-refractivity contribution is 0.102. The Bertz CT molecular complexity index is 1220. The number of thiazole rings is 2. The van der Waals surface area contributed by atoms with Crippen LogP contribution in [0.25, 0.3) is 11.3 Å². The van der Waals surface area contributed by atoms with E-state index in [-0.39, 0.29) is 5.91 Å². The van der Waals surface area contributed by atoms with Crippen molar-refractivity contribution in [2.45, 2.75) is 13.5 Å². The third-order valence-corrected chi connectivity index (χ3v) is 6.03. The van der Waals surface area contributed by atoms with Gasteiger partial charge < -0.3 is 14.2 Å². The summed E-state index contributed by atoms with van der Waals surface area (Å²) in [5, 5.41) is 7.16. The molecular formula is C23H21N3O4S2. The smallest absolute Gasteiger partial charge is 0.257 e. The van der Waals surface area contributed by atoms with Crippen LogP contribution in [0.4, 0.5) is 5.13 Å². The second-order valence-electron chi connectivity index (χ2n) is 6.83. The highest BCUT2D eigenvalue weighted by Crippen LogP contribution is 2.33. The van der Waals surface area contributed by atoms with Gasteiger partial charge in [-0.1, -0.05) is 11.6 Å². The Morgan fingerprint density at radius 1 is 1.03 bits per heavy atom. The zero-order valence-corrected chi connectivity index (χ0v) is 19.4. The average Bonchev–Trinajstić information content (AvgIpc) is 3.49. The van der Waals surface area contributed by atoms with Gasteiger partial charge in [0.25, 0.3) is 5.91 Å². The number of carbonyl (C=O) groups is 1. The molecule has 0 aliphatic rings. The van der Waals surface area contributed by atoms with Gasteiger partial charge in [0.2, 0.25) is 0 Å². The van der Waals surface area contributed by atoms with Crippen LogP contribution < -0.4 is 19.5 Å². The number of benzene rings is 2. The minimum Gasteiger partial charge on any atom is -0.496 e. The first-order chi connectivity index (χ1) is 15.6. The summed E-state index contributed by atoms with van der Waals surface area (Å²) in [6.45, 7) is 2.34. The summed E-state index contributed by atoms with van der Waals surface area (Å²) in [5.74, 6) is 1.46. The average molecular weight is 468 g/mol. The number of methoxy groups -OCH3 is 2. The fraction of sp³-hybridized carbons (Fsp3) is 0.174. The molecule has 32 heavy (non-hydrogen) atoms. The highest BCUT2D eigenvalue weighted by atomic mass is 32.1. The standard InChI is InChI=1S/C23H21N3O4S2/c1-14-4-6-19(28-2)17(8-14)18-12-32-23(25-18)26-22(27)15-5-7-20(21(9-15)29-3)30-10-16-11-31-13-24-16/h4-9,11-13H,10H2,1-3H3,(H,25,26,27). The van der Waals surface area contributed by atoms with E-state index >= 15 is 0 Å². The number of ether oxygens (including phenoxy) is 3. The van der Waals surface area contributed by atoms with E-state index in [0.29, 0.717) is 28.8 Å². The first-order valence-corrected chi connectivity index (χ1v) is 11.5. The summed E-state index contributed by atoms with van der Waals surface area (Å²) >= 11 is 2.86. The fourth-order valence-electron chi connectivity index (χ4n) is 3.03. The van der Waals surface area contributed by atoms with Crippen molar-refractivity contribution < 1.29 is 19.0 Å². The van der Waals surface area contributed by atoms with E-state index in [1.807, 2.05) is 35.9 Å². The molecule has 1 N–H and O–H groups in total. The Labute approximate surface area is 193 Å². The molecule has 0 spiro atoms. The van der Waals surface area contributed by atoms with E-state index < -0.39 is 0 Å². The number of hydrogen-bond donors (Lipinski definition) is 1. The lowest BCUT2D eigenvalue weighted by Gasteiger charge is -2.11. The molecule has 2 aromatic carbocycles. The Hall–Kier alpha value is -3.43. The summed E-state index contributed by atoms with van der Waals surface area (Å²) < 4.78 is 16.6. The molecule has 0 saturated heterocycles. The van der Waals surface area contributed by atoms with Gasteiger partial charge in [-0.2, -0.15) is 0 Å². The maximum absolute atomic E-state index is 12.8. The number of nitrogens with zero attached hydrogens (tertiary/aromatic N) is 2. The number of amides is 1. The Morgan fingerprint density at radius 2 is 1.84 bits per heavy atom. The van der Waals surface area contributed by atoms with Crippen molar-refractivity contribution in [2.75, 3.05) is 19.5 Å². The van der Waals surface area contributed by atoms with Gasteiger partial charge >= 0.3 is 0 Å². The largest absolute Gasteiger partial charge is 0.496 e. The zero-order chi connectivity index (χ0) is 22.5. The number of rotatable bonds is 8. The molecule has 1 amide bonds. The third kappa shape index (κ3) is 4.90. The third-order valence-electron chi connectivity index (χ3n) is 4.64. The lowest BCUT2D eigenvalue weighted by atomic mass is 10.1. The highest BCUT2D eigenvalue weighted by Gasteiger charge is 2.15. The molecule has 4 rings (SSSR count). The van der Waals surface area contributed by atoms with Crippen LogP contribution in [-0.2, 0) is 6.61 Å². The van der Waals surface area contributed by atoms with Gasteiger partial charge in [0.05, 0.1) is 31.1 Å². The van der Waals surface area contributed by atoms with Gasteiger partial charge in [0.1, 0.15) is 12.4 Å². The first kappa shape index (κ1) is 21.8. The summed E-state index contributed by atoms with van der Waals surface area (Å²) in [6.07, 6.45) is 0. The van der Waals surface area contributed by atoms with E-state index in [0.717, 1.165) is 28.3 Å². The van der Waals surface area contributed by atoms with Crippen molar-refractivity contribution in [1.29, 1.82) is 0 Å². The minimum atomic E-state index is -0.286. The predicted molar refractivity (Wildman–Crippen MR) is 126 cm³/mol. The molecule has 0 saturated carbocycles. The number of carbonyl (C=O) groups excluding carboxylic acids is 1. The zero-order valence-electron chi connectivity index (χ0n) is 17.7. The van der Waals surface area contributed by atoms with Crippen molar-refractivity contribution in [1.82, 2.24) is 9.97 Å². The Balaban J connectivity index is 1.48. The molecule has 2 aromatic heterocycles. The molecule has 0 fully saturated rings. The number of hydrogen-bond acceptors (Lipinski definition) is 8. The summed E-state index contributed by atoms with van der Waals surface area (Å²) in [7, 11) is 3.16. The van der Waals surface area contributed by atoms with Crippen molar-refractivity contribution in [3.8, 4) is 28.5 Å². The molecule has 9 heteroatoms. The monoisotopic (exact) mass is 467 g/mol. The van der Waals surface area contributed by atoms with E-state index in [1.165, 1.54) is 29.8 Å². The van der Waals surface area contributed by atoms with Crippen LogP contribution in [0.2, 0.25) is 0 Å². The second kappa shape index (κ2) is 9.80. The number of anilines is 1. The fourth-order valence-corrected chi connectivity index (χ4v) is 4.28. The van der Waals surface area contributed by atoms with Gasteiger partial charge in [-0.3, -0.25) is 10.1 Å². The van der Waals surface area contributed by atoms with Crippen molar-refractivity contribution in [2.24, 2.45) is 0 Å². The van der Waals surface area contributed by atoms with Crippen LogP contribution in [-0.4, -0.2) is 30.1 Å². The molecule has 0 aliphatic heterocycles. The normalized spacial score (nSPS) is 10.6. The molecule has 0 aliphatic carbocycles. The summed E-state index contributed by atoms with van der Waals surface area (Å²) in [4.78, 5) is 21.5. The van der Waals surface area contributed by atoms with Crippen LogP contribution in [0, 0.1) is 6.92 Å². The van der Waals surface area contributed by atoms with Gasteiger partial charge in [-0.15, -0.1) is 22.7 Å². The summed E-state index contributed by atoms with van der Waals surface area (Å²) in [6, 6.07) is 10.9. The Morgan fingerprint density at radius 3 is 2.59 bits per heavy atom. The Kier molecular flexibility index (Phi) is 6.67. The van der Waals surface area contributed by atoms with E-state index in [1.54, 1.807) is 30.8 Å².